The van der Waals surface area contributed by atoms with Crippen molar-refractivity contribution in [3.8, 4) is 0 Å². The molecule has 2 fully saturated rings. The second-order valence-electron chi connectivity index (χ2n) is 6.85. The summed E-state index contributed by atoms with van der Waals surface area (Å²) < 4.78 is 8.90. The molecule has 1 saturated heterocycles. The van der Waals surface area contributed by atoms with Crippen LogP contribution in [0, 0.1) is 0 Å². The summed E-state index contributed by atoms with van der Waals surface area (Å²) in [5.41, 5.74) is 0.411. The number of aromatic nitrogens is 4. The summed E-state index contributed by atoms with van der Waals surface area (Å²) >= 11 is 0. The van der Waals surface area contributed by atoms with Crippen molar-refractivity contribution >= 4 is 16.9 Å². The molecule has 2 aliphatic rings. The first-order valence-corrected chi connectivity index (χ1v) is 8.93. The van der Waals surface area contributed by atoms with Crippen molar-refractivity contribution in [1.29, 1.82) is 0 Å². The van der Waals surface area contributed by atoms with Crippen molar-refractivity contribution < 1.29 is 9.53 Å². The first kappa shape index (κ1) is 16.3. The Hall–Kier alpha value is -2.22. The molecule has 25 heavy (non-hydrogen) atoms. The van der Waals surface area contributed by atoms with Crippen LogP contribution in [-0.2, 0) is 23.1 Å². The lowest BCUT2D eigenvalue weighted by atomic mass is 9.90. The molecule has 8 nitrogen and oxygen atoms in total. The SMILES string of the molecule is Cn1ncc2c(=O)n(CCC(=O)N3CCO[C@@H]4CCCC[C@@H]43)cnc21. The molecule has 2 atom stereocenters. The Bertz CT molecular complexity index is 840. The van der Waals surface area contributed by atoms with Gasteiger partial charge in [0.1, 0.15) is 5.39 Å². The van der Waals surface area contributed by atoms with Crippen LogP contribution in [0.15, 0.2) is 17.3 Å². The standard InChI is InChI=1S/C17H23N5O3/c1-20-16-12(10-19-20)17(24)21(11-18-16)7-6-15(23)22-8-9-25-14-5-3-2-4-13(14)22/h10-11,13-14H,2-9H2,1H3/t13-,14+/m0/s1. The van der Waals surface area contributed by atoms with Gasteiger partial charge in [-0.05, 0) is 12.8 Å². The molecule has 0 radical (unpaired) electrons. The topological polar surface area (TPSA) is 82.2 Å². The second kappa shape index (κ2) is 6.59. The fourth-order valence-electron chi connectivity index (χ4n) is 3.99. The van der Waals surface area contributed by atoms with E-state index < -0.39 is 0 Å². The molecule has 0 spiro atoms. The molecule has 0 aromatic carbocycles. The number of fused-ring (bicyclic) bond motifs is 2. The van der Waals surface area contributed by atoms with Crippen molar-refractivity contribution in [1.82, 2.24) is 24.2 Å². The Balaban J connectivity index is 1.46. The minimum Gasteiger partial charge on any atom is -0.374 e. The van der Waals surface area contributed by atoms with Gasteiger partial charge in [-0.25, -0.2) is 4.98 Å². The molecule has 2 aromatic heterocycles. The predicted molar refractivity (Wildman–Crippen MR) is 91.1 cm³/mol. The third kappa shape index (κ3) is 2.95. The van der Waals surface area contributed by atoms with Gasteiger partial charge in [-0.3, -0.25) is 18.8 Å². The van der Waals surface area contributed by atoms with E-state index in [1.807, 2.05) is 4.90 Å². The van der Waals surface area contributed by atoms with Gasteiger partial charge in [-0.15, -0.1) is 0 Å². The van der Waals surface area contributed by atoms with Gasteiger partial charge < -0.3 is 9.64 Å². The predicted octanol–water partition coefficient (Wildman–Crippen LogP) is 0.690. The van der Waals surface area contributed by atoms with Gasteiger partial charge in [0.05, 0.1) is 31.3 Å². The molecule has 134 valence electrons. The molecule has 1 saturated carbocycles. The summed E-state index contributed by atoms with van der Waals surface area (Å²) in [7, 11) is 1.75. The number of rotatable bonds is 3. The van der Waals surface area contributed by atoms with E-state index in [9.17, 15) is 9.59 Å². The number of hydrogen-bond acceptors (Lipinski definition) is 5. The Morgan fingerprint density at radius 2 is 2.20 bits per heavy atom. The molecule has 1 amide bonds. The number of morpholine rings is 1. The smallest absolute Gasteiger partial charge is 0.264 e. The number of hydrogen-bond donors (Lipinski definition) is 0. The summed E-state index contributed by atoms with van der Waals surface area (Å²) in [4.78, 5) is 31.4. The number of nitrogens with zero attached hydrogens (tertiary/aromatic N) is 5. The highest BCUT2D eigenvalue weighted by Crippen LogP contribution is 2.28. The average molecular weight is 345 g/mol. The minimum atomic E-state index is -0.150. The third-order valence-electron chi connectivity index (χ3n) is 5.34. The van der Waals surface area contributed by atoms with Crippen LogP contribution in [0.1, 0.15) is 32.1 Å². The van der Waals surface area contributed by atoms with Crippen LogP contribution in [0.2, 0.25) is 0 Å². The van der Waals surface area contributed by atoms with Crippen LogP contribution in [0.4, 0.5) is 0 Å². The minimum absolute atomic E-state index is 0.0957. The maximum absolute atomic E-state index is 12.7. The van der Waals surface area contributed by atoms with Gasteiger partial charge in [0, 0.05) is 26.6 Å². The van der Waals surface area contributed by atoms with Gasteiger partial charge in [-0.1, -0.05) is 12.8 Å². The van der Waals surface area contributed by atoms with Gasteiger partial charge >= 0.3 is 0 Å². The number of carbonyl (C=O) groups is 1. The Morgan fingerprint density at radius 3 is 3.08 bits per heavy atom. The summed E-state index contributed by atoms with van der Waals surface area (Å²) in [5.74, 6) is 0.0957. The van der Waals surface area contributed by atoms with Gasteiger partial charge in [0.25, 0.3) is 5.56 Å². The molecule has 0 unspecified atom stereocenters. The zero-order valence-electron chi connectivity index (χ0n) is 14.4. The average Bonchev–Trinajstić information content (AvgIpc) is 3.02. The van der Waals surface area contributed by atoms with E-state index in [-0.39, 0.29) is 23.6 Å². The van der Waals surface area contributed by atoms with Crippen LogP contribution in [0.3, 0.4) is 0 Å². The second-order valence-corrected chi connectivity index (χ2v) is 6.85. The quantitative estimate of drug-likeness (QED) is 0.817. The van der Waals surface area contributed by atoms with E-state index in [2.05, 4.69) is 10.1 Å². The van der Waals surface area contributed by atoms with Crippen molar-refractivity contribution in [2.75, 3.05) is 13.2 Å². The van der Waals surface area contributed by atoms with Gasteiger partial charge in [0.2, 0.25) is 5.91 Å². The Morgan fingerprint density at radius 1 is 1.36 bits per heavy atom. The van der Waals surface area contributed by atoms with Crippen LogP contribution in [0.5, 0.6) is 0 Å². The number of carbonyl (C=O) groups excluding carboxylic acids is 1. The number of aryl methyl sites for hydroxylation is 2. The third-order valence-corrected chi connectivity index (χ3v) is 5.34. The molecular formula is C17H23N5O3. The maximum Gasteiger partial charge on any atom is 0.264 e. The molecule has 8 heteroatoms. The summed E-state index contributed by atoms with van der Waals surface area (Å²) in [6.07, 6.45) is 7.89. The molecule has 2 aromatic rings. The lowest BCUT2D eigenvalue weighted by molar-refractivity contribution is -0.149. The maximum atomic E-state index is 12.7. The number of amides is 1. The largest absolute Gasteiger partial charge is 0.374 e. The summed E-state index contributed by atoms with van der Waals surface area (Å²) in [6, 6.07) is 0.200. The number of ether oxygens (including phenoxy) is 1. The van der Waals surface area contributed by atoms with E-state index in [1.165, 1.54) is 23.5 Å². The van der Waals surface area contributed by atoms with E-state index in [0.29, 0.717) is 37.2 Å². The molecular weight excluding hydrogens is 322 g/mol. The zero-order chi connectivity index (χ0) is 17.4. The highest BCUT2D eigenvalue weighted by atomic mass is 16.5. The molecule has 0 N–H and O–H groups in total. The Kier molecular flexibility index (Phi) is 4.29. The van der Waals surface area contributed by atoms with E-state index in [0.717, 1.165) is 19.3 Å². The fraction of sp³-hybridized carbons (Fsp3) is 0.647. The summed E-state index contributed by atoms with van der Waals surface area (Å²) in [5, 5.41) is 4.55. The summed E-state index contributed by atoms with van der Waals surface area (Å²) in [6.45, 7) is 1.59. The molecule has 4 rings (SSSR count). The lowest BCUT2D eigenvalue weighted by Gasteiger charge is -2.43. The van der Waals surface area contributed by atoms with Crippen LogP contribution in [0.25, 0.3) is 11.0 Å². The van der Waals surface area contributed by atoms with Gasteiger partial charge in [0.15, 0.2) is 5.65 Å². The molecule has 3 heterocycles. The van der Waals surface area contributed by atoms with Crippen LogP contribution in [-0.4, -0.2) is 55.4 Å². The zero-order valence-corrected chi connectivity index (χ0v) is 14.4. The molecule has 0 bridgehead atoms. The first-order valence-electron chi connectivity index (χ1n) is 8.93. The van der Waals surface area contributed by atoms with Crippen molar-refractivity contribution in [2.45, 2.75) is 50.8 Å². The van der Waals surface area contributed by atoms with E-state index in [4.69, 9.17) is 4.74 Å². The van der Waals surface area contributed by atoms with Crippen molar-refractivity contribution in [3.05, 3.63) is 22.9 Å². The van der Waals surface area contributed by atoms with Crippen LogP contribution < -0.4 is 5.56 Å². The lowest BCUT2D eigenvalue weighted by Crippen LogP contribution is -2.55. The monoisotopic (exact) mass is 345 g/mol. The van der Waals surface area contributed by atoms with Gasteiger partial charge in [-0.2, -0.15) is 5.10 Å². The normalized spacial score (nSPS) is 23.6. The molecule has 1 aliphatic carbocycles. The van der Waals surface area contributed by atoms with E-state index in [1.54, 1.807) is 11.7 Å². The van der Waals surface area contributed by atoms with Crippen LogP contribution >= 0.6 is 0 Å². The molecule has 1 aliphatic heterocycles. The van der Waals surface area contributed by atoms with E-state index >= 15 is 0 Å². The van der Waals surface area contributed by atoms with Crippen molar-refractivity contribution in [3.63, 3.8) is 0 Å². The first-order chi connectivity index (χ1) is 12.1. The fourth-order valence-corrected chi connectivity index (χ4v) is 3.99. The Labute approximate surface area is 145 Å². The van der Waals surface area contributed by atoms with Crippen molar-refractivity contribution in [2.24, 2.45) is 7.05 Å². The highest BCUT2D eigenvalue weighted by Gasteiger charge is 2.36. The highest BCUT2D eigenvalue weighted by molar-refractivity contribution is 5.77.